The number of hydrogen-bond donors (Lipinski definition) is 2. The number of benzene rings is 1. The van der Waals surface area contributed by atoms with Crippen LogP contribution >= 0.6 is 17.0 Å². The highest BCUT2D eigenvalue weighted by molar-refractivity contribution is 8.93. The Hall–Kier alpha value is -0.740. The number of rotatable bonds is 1. The number of phenolic OH excluding ortho intramolecular Hbond substituents is 2. The molecule has 1 aliphatic carbocycles. The van der Waals surface area contributed by atoms with Crippen LogP contribution in [-0.4, -0.2) is 34.2 Å². The highest BCUT2D eigenvalue weighted by Gasteiger charge is 2.51. The topological polar surface area (TPSA) is 43.7 Å². The van der Waals surface area contributed by atoms with Crippen molar-refractivity contribution < 1.29 is 10.2 Å². The van der Waals surface area contributed by atoms with E-state index >= 15 is 0 Å². The Morgan fingerprint density at radius 1 is 1.21 bits per heavy atom. The van der Waals surface area contributed by atoms with E-state index in [0.29, 0.717) is 12.1 Å². The van der Waals surface area contributed by atoms with Crippen LogP contribution in [0.15, 0.2) is 18.2 Å². The zero-order chi connectivity index (χ0) is 12.9. The zero-order valence-corrected chi connectivity index (χ0v) is 13.2. The summed E-state index contributed by atoms with van der Waals surface area (Å²) in [6.45, 7) is 2.27. The Bertz CT molecular complexity index is 459. The van der Waals surface area contributed by atoms with E-state index in [2.05, 4.69) is 18.9 Å². The van der Waals surface area contributed by atoms with Crippen molar-refractivity contribution in [2.45, 2.75) is 50.1 Å². The average molecular weight is 328 g/mol. The number of aromatic hydroxyl groups is 2. The molecule has 1 aromatic carbocycles. The molecular weight excluding hydrogens is 306 g/mol. The van der Waals surface area contributed by atoms with Crippen molar-refractivity contribution in [1.29, 1.82) is 0 Å². The summed E-state index contributed by atoms with van der Waals surface area (Å²) in [6.07, 6.45) is 4.80. The molecule has 2 N–H and O–H groups in total. The van der Waals surface area contributed by atoms with E-state index in [1.54, 1.807) is 0 Å². The summed E-state index contributed by atoms with van der Waals surface area (Å²) < 4.78 is 0. The Morgan fingerprint density at radius 3 is 2.47 bits per heavy atom. The van der Waals surface area contributed by atoms with Crippen LogP contribution in [0.2, 0.25) is 0 Å². The van der Waals surface area contributed by atoms with Crippen LogP contribution in [-0.2, 0) is 5.41 Å². The van der Waals surface area contributed by atoms with Gasteiger partial charge in [0.25, 0.3) is 0 Å². The lowest BCUT2D eigenvalue weighted by Crippen LogP contribution is -2.38. The Balaban J connectivity index is 0.00000133. The summed E-state index contributed by atoms with van der Waals surface area (Å²) in [5.74, 6) is 0.339. The van der Waals surface area contributed by atoms with Gasteiger partial charge in [-0.3, -0.25) is 4.90 Å². The summed E-state index contributed by atoms with van der Waals surface area (Å²) in [7, 11) is 2.20. The van der Waals surface area contributed by atoms with Gasteiger partial charge < -0.3 is 10.2 Å². The van der Waals surface area contributed by atoms with Crippen LogP contribution in [0.25, 0.3) is 0 Å². The molecule has 1 saturated carbocycles. The Kier molecular flexibility index (Phi) is 3.85. The second-order valence-electron chi connectivity index (χ2n) is 5.99. The number of fused-ring (bicyclic) bond motifs is 2. The third-order valence-corrected chi connectivity index (χ3v) is 5.22. The fourth-order valence-electron chi connectivity index (χ4n) is 4.10. The second kappa shape index (κ2) is 4.98. The third kappa shape index (κ3) is 2.15. The van der Waals surface area contributed by atoms with Crippen LogP contribution < -0.4 is 0 Å². The van der Waals surface area contributed by atoms with Crippen molar-refractivity contribution in [2.24, 2.45) is 0 Å². The minimum Gasteiger partial charge on any atom is -0.508 e. The average Bonchev–Trinajstić information content (AvgIpc) is 2.51. The molecule has 1 heterocycles. The van der Waals surface area contributed by atoms with Crippen molar-refractivity contribution in [1.82, 2.24) is 4.90 Å². The lowest BCUT2D eigenvalue weighted by atomic mass is 9.67. The summed E-state index contributed by atoms with van der Waals surface area (Å²) in [4.78, 5) is 2.47. The van der Waals surface area contributed by atoms with Crippen LogP contribution in [0.5, 0.6) is 11.5 Å². The molecule has 0 amide bonds. The van der Waals surface area contributed by atoms with Crippen LogP contribution in [0.4, 0.5) is 0 Å². The standard InChI is InChI=1S/C15H21NO2.BrH/c1-10-15(5-3-4-12(9-15)16(10)2)11-6-13(17)8-14(18)7-11;/h6-8,10,12,17-18H,3-5,9H2,1-2H3;1H. The molecule has 4 heteroatoms. The molecule has 1 saturated heterocycles. The minimum absolute atomic E-state index is 0. The van der Waals surface area contributed by atoms with E-state index in [1.165, 1.54) is 18.9 Å². The number of nitrogens with zero attached hydrogens (tertiary/aromatic N) is 1. The largest absolute Gasteiger partial charge is 0.508 e. The molecule has 0 spiro atoms. The predicted molar refractivity (Wildman–Crippen MR) is 81.3 cm³/mol. The molecule has 19 heavy (non-hydrogen) atoms. The fourth-order valence-corrected chi connectivity index (χ4v) is 4.10. The molecule has 3 unspecified atom stereocenters. The first-order chi connectivity index (χ1) is 8.53. The van der Waals surface area contributed by atoms with Crippen molar-refractivity contribution in [3.8, 4) is 11.5 Å². The number of likely N-dealkylation sites (N-methyl/N-ethyl adjacent to an activating group) is 1. The van der Waals surface area contributed by atoms with Gasteiger partial charge in [-0.05, 0) is 50.9 Å². The van der Waals surface area contributed by atoms with E-state index < -0.39 is 0 Å². The van der Waals surface area contributed by atoms with Crippen molar-refractivity contribution in [3.63, 3.8) is 0 Å². The summed E-state index contributed by atoms with van der Waals surface area (Å²) >= 11 is 0. The van der Waals surface area contributed by atoms with E-state index in [-0.39, 0.29) is 33.9 Å². The zero-order valence-electron chi connectivity index (χ0n) is 11.5. The lowest BCUT2D eigenvalue weighted by Gasteiger charge is -2.36. The fraction of sp³-hybridized carbons (Fsp3) is 0.600. The number of likely N-dealkylation sites (tertiary alicyclic amines) is 1. The third-order valence-electron chi connectivity index (χ3n) is 5.22. The molecule has 2 aliphatic rings. The molecule has 0 aromatic heterocycles. The van der Waals surface area contributed by atoms with Gasteiger partial charge in [0.2, 0.25) is 0 Å². The minimum atomic E-state index is 0. The highest BCUT2D eigenvalue weighted by atomic mass is 79.9. The first-order valence-corrected chi connectivity index (χ1v) is 6.78. The quantitative estimate of drug-likeness (QED) is 0.832. The van der Waals surface area contributed by atoms with Crippen LogP contribution in [0.3, 0.4) is 0 Å². The summed E-state index contributed by atoms with van der Waals surface area (Å²) in [6, 6.07) is 6.18. The van der Waals surface area contributed by atoms with Crippen LogP contribution in [0.1, 0.15) is 38.2 Å². The van der Waals surface area contributed by atoms with Gasteiger partial charge in [0.1, 0.15) is 11.5 Å². The van der Waals surface area contributed by atoms with Crippen molar-refractivity contribution in [3.05, 3.63) is 23.8 Å². The van der Waals surface area contributed by atoms with Gasteiger partial charge in [0.15, 0.2) is 0 Å². The maximum atomic E-state index is 9.73. The first kappa shape index (κ1) is 14.7. The molecule has 2 bridgehead atoms. The van der Waals surface area contributed by atoms with Gasteiger partial charge in [0.05, 0.1) is 0 Å². The van der Waals surface area contributed by atoms with Crippen LogP contribution in [0, 0.1) is 0 Å². The van der Waals surface area contributed by atoms with Gasteiger partial charge in [-0.2, -0.15) is 0 Å². The van der Waals surface area contributed by atoms with Crippen molar-refractivity contribution in [2.75, 3.05) is 7.05 Å². The number of hydrogen-bond acceptors (Lipinski definition) is 3. The van der Waals surface area contributed by atoms with Gasteiger partial charge in [-0.1, -0.05) is 6.42 Å². The monoisotopic (exact) mass is 327 g/mol. The maximum Gasteiger partial charge on any atom is 0.119 e. The molecule has 106 valence electrons. The van der Waals surface area contributed by atoms with Gasteiger partial charge >= 0.3 is 0 Å². The molecule has 3 rings (SSSR count). The summed E-state index contributed by atoms with van der Waals surface area (Å²) in [5, 5.41) is 19.5. The molecule has 1 aromatic rings. The smallest absolute Gasteiger partial charge is 0.119 e. The molecule has 3 atom stereocenters. The molecule has 2 fully saturated rings. The van der Waals surface area contributed by atoms with E-state index in [4.69, 9.17) is 0 Å². The number of halogens is 1. The lowest BCUT2D eigenvalue weighted by molar-refractivity contribution is 0.239. The van der Waals surface area contributed by atoms with Gasteiger partial charge in [-0.15, -0.1) is 17.0 Å². The van der Waals surface area contributed by atoms with E-state index in [1.807, 2.05) is 12.1 Å². The predicted octanol–water partition coefficient (Wildman–Crippen LogP) is 3.19. The number of phenols is 2. The SMILES string of the molecule is Br.CC1N(C)C2CCCC1(c1cc(O)cc(O)c1)C2. The van der Waals surface area contributed by atoms with Gasteiger partial charge in [0, 0.05) is 23.6 Å². The van der Waals surface area contributed by atoms with E-state index in [0.717, 1.165) is 18.4 Å². The van der Waals surface area contributed by atoms with E-state index in [9.17, 15) is 10.2 Å². The maximum absolute atomic E-state index is 9.73. The molecule has 1 aliphatic heterocycles. The summed E-state index contributed by atoms with van der Waals surface area (Å²) in [5.41, 5.74) is 1.20. The first-order valence-electron chi connectivity index (χ1n) is 6.78. The molecule has 0 radical (unpaired) electrons. The van der Waals surface area contributed by atoms with Gasteiger partial charge in [-0.25, -0.2) is 0 Å². The second-order valence-corrected chi connectivity index (χ2v) is 5.99. The Labute approximate surface area is 125 Å². The normalized spacial score (nSPS) is 34.0. The molecule has 3 nitrogen and oxygen atoms in total. The van der Waals surface area contributed by atoms with Crippen molar-refractivity contribution >= 4 is 17.0 Å². The highest BCUT2D eigenvalue weighted by Crippen LogP contribution is 2.51. The Morgan fingerprint density at radius 2 is 1.84 bits per heavy atom. The molecular formula is C15H22BrNO2.